The fourth-order valence-electron chi connectivity index (χ4n) is 1.27. The van der Waals surface area contributed by atoms with Crippen LogP contribution in [0.4, 0.5) is 14.9 Å². The van der Waals surface area contributed by atoms with Gasteiger partial charge in [0.15, 0.2) is 0 Å². The van der Waals surface area contributed by atoms with E-state index in [1.54, 1.807) is 6.92 Å². The van der Waals surface area contributed by atoms with E-state index in [2.05, 4.69) is 11.2 Å². The average molecular weight is 289 g/mol. The summed E-state index contributed by atoms with van der Waals surface area (Å²) in [5.74, 6) is 2.18. The van der Waals surface area contributed by atoms with Crippen molar-refractivity contribution >= 4 is 27.3 Å². The number of halogens is 1. The Balaban J connectivity index is 3.09. The number of hydrogen-bond acceptors (Lipinski definition) is 4. The molecule has 2 amide bonds. The quantitative estimate of drug-likeness (QED) is 0.491. The molecule has 0 bridgehead atoms. The molecule has 0 aliphatic heterocycles. The van der Waals surface area contributed by atoms with Gasteiger partial charge in [0.25, 0.3) is 5.69 Å². The highest BCUT2D eigenvalue weighted by molar-refractivity contribution is 7.99. The van der Waals surface area contributed by atoms with Crippen LogP contribution in [0.25, 0.3) is 0 Å². The number of non-ortho nitro benzene ring substituents is 1. The summed E-state index contributed by atoms with van der Waals surface area (Å²) in [4.78, 5) is 20.5. The summed E-state index contributed by atoms with van der Waals surface area (Å²) in [7, 11) is -3.41. The zero-order valence-electron chi connectivity index (χ0n) is 10.0. The predicted molar refractivity (Wildman–Crippen MR) is 68.8 cm³/mol. The van der Waals surface area contributed by atoms with Crippen LogP contribution < -0.4 is 10.0 Å². The highest BCUT2D eigenvalue weighted by Crippen LogP contribution is 2.20. The van der Waals surface area contributed by atoms with Gasteiger partial charge in [-0.2, -0.15) is 0 Å². The van der Waals surface area contributed by atoms with Crippen molar-refractivity contribution in [2.45, 2.75) is 11.8 Å². The molecule has 1 unspecified atom stereocenters. The third kappa shape index (κ3) is 3.65. The summed E-state index contributed by atoms with van der Waals surface area (Å²) in [6, 6.07) is 1.82. The van der Waals surface area contributed by atoms with Gasteiger partial charge in [0.05, 0.1) is 25.6 Å². The Hall–Kier alpha value is -2.16. The lowest BCUT2D eigenvalue weighted by atomic mass is 10.3. The van der Waals surface area contributed by atoms with E-state index in [0.29, 0.717) is 12.6 Å². The van der Waals surface area contributed by atoms with Gasteiger partial charge in [-0.1, -0.05) is 0 Å². The highest BCUT2D eigenvalue weighted by atomic mass is 32.2. The first-order valence-corrected chi connectivity index (χ1v) is 6.87. The van der Waals surface area contributed by atoms with Crippen molar-refractivity contribution in [2.75, 3.05) is 6.54 Å². The van der Waals surface area contributed by atoms with Gasteiger partial charge in [-0.15, -0.1) is 0 Å². The van der Waals surface area contributed by atoms with Crippen molar-refractivity contribution in [3.05, 3.63) is 34.1 Å². The number of hydrogen-bond donors (Lipinski definition) is 2. The minimum Gasteiger partial charge on any atom is -0.338 e. The molecule has 1 atom stereocenters. The molecule has 19 heavy (non-hydrogen) atoms. The molecule has 0 aliphatic rings. The van der Waals surface area contributed by atoms with Crippen LogP contribution in [0.5, 0.6) is 0 Å². The second-order valence-corrected chi connectivity index (χ2v) is 5.50. The zero-order chi connectivity index (χ0) is 14.6. The molecular weight excluding hydrogens is 277 g/mol. The van der Waals surface area contributed by atoms with Gasteiger partial charge in [-0.05, 0) is 18.9 Å². The Kier molecular flexibility index (Phi) is 4.43. The largest absolute Gasteiger partial charge is 0.338 e. The smallest absolute Gasteiger partial charge is 0.326 e. The molecule has 0 heterocycles. The molecule has 0 aromatic heterocycles. The number of nitrogens with one attached hydrogen (secondary N) is 2. The normalized spacial score (nSPS) is 13.4. The van der Waals surface area contributed by atoms with E-state index in [0.717, 1.165) is 12.1 Å². The molecule has 1 aromatic rings. The summed E-state index contributed by atoms with van der Waals surface area (Å²) < 4.78 is 27.7. The predicted octanol–water partition coefficient (Wildman–Crippen LogP) is 1.04. The Bertz CT molecular complexity index is 615. The third-order valence-corrected chi connectivity index (χ3v) is 3.63. The third-order valence-electron chi connectivity index (χ3n) is 2.08. The van der Waals surface area contributed by atoms with E-state index in [1.165, 1.54) is 0 Å². The van der Waals surface area contributed by atoms with E-state index < -0.39 is 37.1 Å². The van der Waals surface area contributed by atoms with E-state index in [1.807, 2.05) is 4.72 Å². The van der Waals surface area contributed by atoms with Gasteiger partial charge < -0.3 is 5.32 Å². The second kappa shape index (κ2) is 5.65. The zero-order valence-corrected chi connectivity index (χ0v) is 10.8. The molecular formula is C10H12FN3O4S. The van der Waals surface area contributed by atoms with E-state index in [-0.39, 0.29) is 0 Å². The highest BCUT2D eigenvalue weighted by Gasteiger charge is 2.18. The monoisotopic (exact) mass is 289 g/mol. The average Bonchev–Trinajstić information content (AvgIpc) is 2.27. The first-order chi connectivity index (χ1) is 8.77. The van der Waals surface area contributed by atoms with Crippen molar-refractivity contribution in [1.82, 2.24) is 10.0 Å². The fourth-order valence-corrected chi connectivity index (χ4v) is 2.42. The number of benzene rings is 1. The van der Waals surface area contributed by atoms with Crippen LogP contribution in [0.2, 0.25) is 0 Å². The van der Waals surface area contributed by atoms with Gasteiger partial charge in [0.2, 0.25) is 0 Å². The molecule has 9 heteroatoms. The number of nitro benzene ring substituents is 1. The van der Waals surface area contributed by atoms with Crippen LogP contribution >= 0.6 is 0 Å². The van der Waals surface area contributed by atoms with Crippen molar-refractivity contribution < 1.29 is 18.3 Å². The first kappa shape index (κ1) is 14.9. The van der Waals surface area contributed by atoms with E-state index in [4.69, 9.17) is 0 Å². The second-order valence-electron chi connectivity index (χ2n) is 3.51. The maximum Gasteiger partial charge on any atom is 0.326 e. The van der Waals surface area contributed by atoms with Gasteiger partial charge in [0.1, 0.15) is 5.82 Å². The molecule has 1 aromatic carbocycles. The first-order valence-electron chi connectivity index (χ1n) is 5.14. The lowest BCUT2D eigenvalue weighted by Crippen LogP contribution is -2.39. The molecule has 7 nitrogen and oxygen atoms in total. The molecule has 104 valence electrons. The SMILES string of the molecule is C=S(=O)(NC(=O)NCC)c1ccc([N+](=O)[O-])cc1F. The molecule has 0 aliphatic carbocycles. The van der Waals surface area contributed by atoms with E-state index in [9.17, 15) is 23.5 Å². The summed E-state index contributed by atoms with van der Waals surface area (Å²) >= 11 is 0. The molecule has 0 radical (unpaired) electrons. The molecule has 0 saturated heterocycles. The van der Waals surface area contributed by atoms with E-state index >= 15 is 0 Å². The summed E-state index contributed by atoms with van der Waals surface area (Å²) in [5.41, 5.74) is -0.477. The molecule has 0 saturated carbocycles. The number of rotatable bonds is 4. The summed E-state index contributed by atoms with van der Waals surface area (Å²) in [5, 5.41) is 12.8. The van der Waals surface area contributed by atoms with Crippen molar-refractivity contribution in [3.8, 4) is 0 Å². The Labute approximate surface area is 109 Å². The van der Waals surface area contributed by atoms with Gasteiger partial charge in [-0.3, -0.25) is 14.8 Å². The van der Waals surface area contributed by atoms with Crippen LogP contribution in [-0.4, -0.2) is 27.6 Å². The fraction of sp³-hybridized carbons (Fsp3) is 0.200. The van der Waals surface area contributed by atoms with Crippen LogP contribution in [0.3, 0.4) is 0 Å². The van der Waals surface area contributed by atoms with Gasteiger partial charge >= 0.3 is 6.03 Å². The molecule has 0 fully saturated rings. The Morgan fingerprint density at radius 3 is 2.68 bits per heavy atom. The minimum absolute atomic E-state index is 0.296. The number of urea groups is 1. The minimum atomic E-state index is -3.41. The topological polar surface area (TPSA) is 101 Å². The van der Waals surface area contributed by atoms with Crippen molar-refractivity contribution in [2.24, 2.45) is 0 Å². The molecule has 2 N–H and O–H groups in total. The summed E-state index contributed by atoms with van der Waals surface area (Å²) in [6.45, 7) is 1.95. The lowest BCUT2D eigenvalue weighted by Gasteiger charge is -2.12. The number of carbonyl (C=O) groups is 1. The number of amides is 2. The Morgan fingerprint density at radius 1 is 1.58 bits per heavy atom. The van der Waals surface area contributed by atoms with Gasteiger partial charge in [-0.25, -0.2) is 13.4 Å². The van der Waals surface area contributed by atoms with Crippen LogP contribution in [0, 0.1) is 15.9 Å². The van der Waals surface area contributed by atoms with Crippen molar-refractivity contribution in [3.63, 3.8) is 0 Å². The van der Waals surface area contributed by atoms with Crippen molar-refractivity contribution in [1.29, 1.82) is 0 Å². The van der Waals surface area contributed by atoms with Crippen LogP contribution in [0.1, 0.15) is 6.92 Å². The number of nitrogens with zero attached hydrogens (tertiary/aromatic N) is 1. The van der Waals surface area contributed by atoms with Crippen LogP contribution in [-0.2, 0) is 9.71 Å². The Morgan fingerprint density at radius 2 is 2.21 bits per heavy atom. The summed E-state index contributed by atoms with van der Waals surface area (Å²) in [6.07, 6.45) is 0. The molecule has 0 spiro atoms. The maximum atomic E-state index is 13.6. The van der Waals surface area contributed by atoms with Crippen LogP contribution in [0.15, 0.2) is 23.1 Å². The standard InChI is InChI=1S/C10H12FN3O4S/c1-3-12-10(15)13-19(2,18)9-5-4-7(14(16)17)6-8(9)11/h4-6H,2-3H2,1H3,(H2,12,13,15,18). The lowest BCUT2D eigenvalue weighted by molar-refractivity contribution is -0.385. The number of carbonyl (C=O) groups excluding carboxylic acids is 1. The van der Waals surface area contributed by atoms with Gasteiger partial charge in [0, 0.05) is 12.6 Å². The molecule has 1 rings (SSSR count). The maximum absolute atomic E-state index is 13.6. The number of nitro groups is 1.